The van der Waals surface area contributed by atoms with Crippen LogP contribution in [0.15, 0.2) is 53.4 Å². The minimum atomic E-state index is 0.126. The summed E-state index contributed by atoms with van der Waals surface area (Å²) in [5.74, 6) is 0.906. The van der Waals surface area contributed by atoms with Gasteiger partial charge in [-0.2, -0.15) is 0 Å². The Hall–Kier alpha value is -1.74. The quantitative estimate of drug-likeness (QED) is 0.611. The maximum absolute atomic E-state index is 12.2. The number of hydrogen-bond donors (Lipinski definition) is 0. The van der Waals surface area contributed by atoms with E-state index in [9.17, 15) is 4.79 Å². The molecule has 98 valence electrons. The van der Waals surface area contributed by atoms with Crippen LogP contribution in [0.4, 0.5) is 0 Å². The third-order valence-electron chi connectivity index (χ3n) is 2.91. The minimum Gasteiger partial charge on any atom is -0.497 e. The second-order valence-electron chi connectivity index (χ2n) is 4.18. The number of benzene rings is 2. The van der Waals surface area contributed by atoms with Crippen LogP contribution in [-0.2, 0) is 6.42 Å². The first-order valence-electron chi connectivity index (χ1n) is 6.03. The van der Waals surface area contributed by atoms with Crippen LogP contribution < -0.4 is 4.74 Å². The monoisotopic (exact) mass is 272 g/mol. The fourth-order valence-electron chi connectivity index (χ4n) is 1.85. The molecule has 0 unspecified atom stereocenters. The summed E-state index contributed by atoms with van der Waals surface area (Å²) < 4.78 is 5.16. The lowest BCUT2D eigenvalue weighted by Crippen LogP contribution is -2.03. The van der Waals surface area contributed by atoms with Crippen molar-refractivity contribution < 1.29 is 9.53 Å². The molecule has 0 aliphatic rings. The van der Waals surface area contributed by atoms with Crippen molar-refractivity contribution in [2.75, 3.05) is 13.4 Å². The molecule has 0 aliphatic heterocycles. The van der Waals surface area contributed by atoms with E-state index in [0.29, 0.717) is 6.42 Å². The highest BCUT2D eigenvalue weighted by molar-refractivity contribution is 7.98. The Morgan fingerprint density at radius 1 is 1.16 bits per heavy atom. The van der Waals surface area contributed by atoms with Crippen molar-refractivity contribution in [3.63, 3.8) is 0 Å². The van der Waals surface area contributed by atoms with Crippen molar-refractivity contribution in [3.8, 4) is 5.75 Å². The van der Waals surface area contributed by atoms with Crippen LogP contribution in [-0.4, -0.2) is 19.1 Å². The molecule has 0 saturated carbocycles. The van der Waals surface area contributed by atoms with Gasteiger partial charge in [0.25, 0.3) is 0 Å². The third-order valence-corrected chi connectivity index (χ3v) is 3.65. The molecule has 2 aromatic rings. The van der Waals surface area contributed by atoms with Crippen LogP contribution in [0, 0.1) is 0 Å². The largest absolute Gasteiger partial charge is 0.497 e. The maximum Gasteiger partial charge on any atom is 0.167 e. The zero-order chi connectivity index (χ0) is 13.7. The summed E-state index contributed by atoms with van der Waals surface area (Å²) >= 11 is 1.67. The van der Waals surface area contributed by atoms with Crippen molar-refractivity contribution in [1.82, 2.24) is 0 Å². The molecular formula is C16H16O2S. The Bertz CT molecular complexity index is 561. The summed E-state index contributed by atoms with van der Waals surface area (Å²) in [4.78, 5) is 13.3. The molecule has 0 aliphatic carbocycles. The molecule has 2 aromatic carbocycles. The molecule has 2 nitrogen and oxygen atoms in total. The Labute approximate surface area is 117 Å². The van der Waals surface area contributed by atoms with Gasteiger partial charge in [0.05, 0.1) is 7.11 Å². The molecular weight excluding hydrogens is 256 g/mol. The fourth-order valence-corrected chi connectivity index (χ4v) is 2.26. The molecule has 0 fully saturated rings. The lowest BCUT2D eigenvalue weighted by molar-refractivity contribution is 0.0993. The molecule has 19 heavy (non-hydrogen) atoms. The Morgan fingerprint density at radius 3 is 2.53 bits per heavy atom. The Kier molecular flexibility index (Phi) is 4.63. The van der Waals surface area contributed by atoms with Gasteiger partial charge in [0, 0.05) is 16.9 Å². The van der Waals surface area contributed by atoms with E-state index in [1.54, 1.807) is 18.9 Å². The average molecular weight is 272 g/mol. The van der Waals surface area contributed by atoms with Crippen molar-refractivity contribution in [3.05, 3.63) is 59.7 Å². The van der Waals surface area contributed by atoms with Crippen molar-refractivity contribution in [2.45, 2.75) is 11.3 Å². The number of rotatable bonds is 5. The van der Waals surface area contributed by atoms with E-state index in [4.69, 9.17) is 4.74 Å². The average Bonchev–Trinajstić information content (AvgIpc) is 2.47. The summed E-state index contributed by atoms with van der Waals surface area (Å²) in [7, 11) is 1.63. The number of methoxy groups -OCH3 is 1. The predicted molar refractivity (Wildman–Crippen MR) is 79.3 cm³/mol. The first-order valence-corrected chi connectivity index (χ1v) is 7.25. The first-order chi connectivity index (χ1) is 9.22. The predicted octanol–water partition coefficient (Wildman–Crippen LogP) is 3.84. The summed E-state index contributed by atoms with van der Waals surface area (Å²) in [6.07, 6.45) is 2.42. The van der Waals surface area contributed by atoms with Crippen LogP contribution in [0.25, 0.3) is 0 Å². The molecule has 0 heterocycles. The van der Waals surface area contributed by atoms with Gasteiger partial charge in [-0.1, -0.05) is 24.3 Å². The summed E-state index contributed by atoms with van der Waals surface area (Å²) in [6.45, 7) is 0. The molecule has 0 radical (unpaired) electrons. The van der Waals surface area contributed by atoms with Crippen molar-refractivity contribution in [1.29, 1.82) is 0 Å². The van der Waals surface area contributed by atoms with E-state index >= 15 is 0 Å². The van der Waals surface area contributed by atoms with Gasteiger partial charge in [-0.3, -0.25) is 4.79 Å². The highest BCUT2D eigenvalue weighted by Gasteiger charge is 2.07. The third kappa shape index (κ3) is 3.61. The van der Waals surface area contributed by atoms with Gasteiger partial charge in [-0.25, -0.2) is 0 Å². The van der Waals surface area contributed by atoms with Gasteiger partial charge in [0.2, 0.25) is 0 Å². The van der Waals surface area contributed by atoms with Gasteiger partial charge in [-0.05, 0) is 36.1 Å². The Balaban J connectivity index is 2.11. The molecule has 0 saturated heterocycles. The van der Waals surface area contributed by atoms with Gasteiger partial charge in [-0.15, -0.1) is 11.8 Å². The molecule has 0 aromatic heterocycles. The molecule has 0 spiro atoms. The van der Waals surface area contributed by atoms with Gasteiger partial charge in [0.15, 0.2) is 5.78 Å². The lowest BCUT2D eigenvalue weighted by atomic mass is 10.0. The molecule has 0 amide bonds. The summed E-state index contributed by atoms with van der Waals surface area (Å²) in [5.41, 5.74) is 1.72. The van der Waals surface area contributed by atoms with E-state index in [1.807, 2.05) is 54.8 Å². The van der Waals surface area contributed by atoms with Crippen molar-refractivity contribution >= 4 is 17.5 Å². The topological polar surface area (TPSA) is 26.3 Å². The van der Waals surface area contributed by atoms with Gasteiger partial charge in [0.1, 0.15) is 5.75 Å². The zero-order valence-corrected chi connectivity index (χ0v) is 11.9. The van der Waals surface area contributed by atoms with Crippen molar-refractivity contribution in [2.24, 2.45) is 0 Å². The number of ketones is 1. The molecule has 3 heteroatoms. The van der Waals surface area contributed by atoms with Crippen LogP contribution in [0.3, 0.4) is 0 Å². The van der Waals surface area contributed by atoms with Gasteiger partial charge >= 0.3 is 0 Å². The highest BCUT2D eigenvalue weighted by Crippen LogP contribution is 2.17. The number of carbonyl (C=O) groups is 1. The van der Waals surface area contributed by atoms with E-state index in [2.05, 4.69) is 0 Å². The molecule has 0 N–H and O–H groups in total. The minimum absolute atomic E-state index is 0.126. The SMILES string of the molecule is COc1cccc(CC(=O)c2ccc(SC)cc2)c1. The van der Waals surface area contributed by atoms with Crippen LogP contribution in [0.5, 0.6) is 5.75 Å². The first kappa shape index (κ1) is 13.7. The normalized spacial score (nSPS) is 10.2. The van der Waals surface area contributed by atoms with Gasteiger partial charge < -0.3 is 4.74 Å². The molecule has 2 rings (SSSR count). The fraction of sp³-hybridized carbons (Fsp3) is 0.188. The number of hydrogen-bond acceptors (Lipinski definition) is 3. The second kappa shape index (κ2) is 6.43. The highest BCUT2D eigenvalue weighted by atomic mass is 32.2. The van der Waals surface area contributed by atoms with E-state index < -0.39 is 0 Å². The lowest BCUT2D eigenvalue weighted by Gasteiger charge is -2.05. The standard InChI is InChI=1S/C16H16O2S/c1-18-14-5-3-4-12(10-14)11-16(17)13-6-8-15(19-2)9-7-13/h3-10H,11H2,1-2H3. The van der Waals surface area contributed by atoms with E-state index in [-0.39, 0.29) is 5.78 Å². The molecule has 0 bridgehead atoms. The summed E-state index contributed by atoms with van der Waals surface area (Å²) in [5, 5.41) is 0. The number of carbonyl (C=O) groups excluding carboxylic acids is 1. The second-order valence-corrected chi connectivity index (χ2v) is 5.06. The van der Waals surface area contributed by atoms with Crippen LogP contribution >= 0.6 is 11.8 Å². The number of thioether (sulfide) groups is 1. The van der Waals surface area contributed by atoms with Crippen LogP contribution in [0.2, 0.25) is 0 Å². The maximum atomic E-state index is 12.2. The van der Waals surface area contributed by atoms with E-state index in [0.717, 1.165) is 21.8 Å². The molecule has 0 atom stereocenters. The van der Waals surface area contributed by atoms with Crippen LogP contribution in [0.1, 0.15) is 15.9 Å². The number of ether oxygens (including phenoxy) is 1. The Morgan fingerprint density at radius 2 is 1.89 bits per heavy atom. The van der Waals surface area contributed by atoms with E-state index in [1.165, 1.54) is 0 Å². The number of Topliss-reactive ketones (excluding diaryl/α,β-unsaturated/α-hetero) is 1. The zero-order valence-electron chi connectivity index (χ0n) is 11.1. The smallest absolute Gasteiger partial charge is 0.167 e. The summed E-state index contributed by atoms with van der Waals surface area (Å²) in [6, 6.07) is 15.3.